The van der Waals surface area contributed by atoms with Crippen LogP contribution in [0.15, 0.2) is 40.5 Å². The van der Waals surface area contributed by atoms with Crippen LogP contribution in [0.4, 0.5) is 5.69 Å². The first-order valence-corrected chi connectivity index (χ1v) is 6.36. The van der Waals surface area contributed by atoms with Gasteiger partial charge in [0.2, 0.25) is 0 Å². The molecule has 0 aromatic heterocycles. The summed E-state index contributed by atoms with van der Waals surface area (Å²) in [7, 11) is 1.68. The molecule has 19 heavy (non-hydrogen) atoms. The second kappa shape index (κ2) is 7.56. The lowest BCUT2D eigenvalue weighted by atomic mass is 10.2. The van der Waals surface area contributed by atoms with Crippen LogP contribution < -0.4 is 5.32 Å². The van der Waals surface area contributed by atoms with Gasteiger partial charge >= 0.3 is 0 Å². The molecule has 0 aliphatic carbocycles. The van der Waals surface area contributed by atoms with E-state index in [2.05, 4.69) is 21.2 Å². The summed E-state index contributed by atoms with van der Waals surface area (Å²) in [5.74, 6) is -0.477. The van der Waals surface area contributed by atoms with E-state index in [-0.39, 0.29) is 12.2 Å². The van der Waals surface area contributed by atoms with Gasteiger partial charge < -0.3 is 15.3 Å². The third-order valence-electron chi connectivity index (χ3n) is 2.27. The summed E-state index contributed by atoms with van der Waals surface area (Å²) in [5, 5.41) is 20.4. The van der Waals surface area contributed by atoms with E-state index < -0.39 is 5.91 Å². The van der Waals surface area contributed by atoms with Crippen LogP contribution in [-0.2, 0) is 4.79 Å². The summed E-state index contributed by atoms with van der Waals surface area (Å²) < 4.78 is 0.907. The van der Waals surface area contributed by atoms with Crippen LogP contribution in [0.5, 0.6) is 0 Å². The maximum absolute atomic E-state index is 11.9. The molecular weight excluding hydrogens is 310 g/mol. The maximum atomic E-state index is 11.9. The lowest BCUT2D eigenvalue weighted by Gasteiger charge is -2.12. The molecule has 1 aromatic carbocycles. The molecule has 1 rings (SSSR count). The van der Waals surface area contributed by atoms with Gasteiger partial charge in [0, 0.05) is 30.0 Å². The lowest BCUT2D eigenvalue weighted by molar-refractivity contribution is -0.112. The first-order valence-electron chi connectivity index (χ1n) is 5.56. The number of benzene rings is 1. The number of aliphatic hydroxyl groups is 1. The fraction of sp³-hybridized carbons (Fsp3) is 0.231. The molecule has 0 fully saturated rings. The van der Waals surface area contributed by atoms with Gasteiger partial charge in [-0.05, 0) is 24.3 Å². The van der Waals surface area contributed by atoms with Crippen molar-refractivity contribution in [2.45, 2.75) is 0 Å². The molecule has 1 aromatic rings. The van der Waals surface area contributed by atoms with Crippen LogP contribution in [0, 0.1) is 11.3 Å². The molecule has 5 nitrogen and oxygen atoms in total. The standard InChI is InChI=1S/C13H14BrN3O2/c1-17(6-7-18)9-10(8-15)13(19)16-12-4-2-11(14)3-5-12/h2-5,9,18H,6-7H2,1H3,(H,16,19)/b10-9-. The van der Waals surface area contributed by atoms with Crippen molar-refractivity contribution in [3.63, 3.8) is 0 Å². The van der Waals surface area contributed by atoms with Gasteiger partial charge in [0.15, 0.2) is 0 Å². The van der Waals surface area contributed by atoms with Gasteiger partial charge in [-0.3, -0.25) is 4.79 Å². The summed E-state index contributed by atoms with van der Waals surface area (Å²) in [4.78, 5) is 13.4. The van der Waals surface area contributed by atoms with Gasteiger partial charge in [-0.1, -0.05) is 15.9 Å². The minimum absolute atomic E-state index is 0.0149. The highest BCUT2D eigenvalue weighted by Crippen LogP contribution is 2.14. The Kier molecular flexibility index (Phi) is 6.06. The number of nitrogens with one attached hydrogen (secondary N) is 1. The topological polar surface area (TPSA) is 76.4 Å². The van der Waals surface area contributed by atoms with Crippen LogP contribution in [0.2, 0.25) is 0 Å². The van der Waals surface area contributed by atoms with E-state index in [0.29, 0.717) is 12.2 Å². The van der Waals surface area contributed by atoms with Crippen LogP contribution in [0.25, 0.3) is 0 Å². The zero-order valence-electron chi connectivity index (χ0n) is 10.4. The molecule has 0 unspecified atom stereocenters. The summed E-state index contributed by atoms with van der Waals surface area (Å²) in [6.45, 7) is 0.316. The maximum Gasteiger partial charge on any atom is 0.267 e. The van der Waals surface area contributed by atoms with Gasteiger partial charge in [-0.15, -0.1) is 0 Å². The van der Waals surface area contributed by atoms with E-state index in [4.69, 9.17) is 10.4 Å². The number of likely N-dealkylation sites (N-methyl/N-ethyl adjacent to an activating group) is 1. The van der Waals surface area contributed by atoms with E-state index in [1.54, 1.807) is 36.2 Å². The molecule has 2 N–H and O–H groups in total. The van der Waals surface area contributed by atoms with Gasteiger partial charge in [0.25, 0.3) is 5.91 Å². The first-order chi connectivity index (χ1) is 9.06. The van der Waals surface area contributed by atoms with Crippen molar-refractivity contribution in [3.8, 4) is 6.07 Å². The minimum Gasteiger partial charge on any atom is -0.395 e. The summed E-state index contributed by atoms with van der Waals surface area (Å²) >= 11 is 3.30. The van der Waals surface area contributed by atoms with E-state index in [1.165, 1.54) is 6.20 Å². The van der Waals surface area contributed by atoms with Crippen molar-refractivity contribution in [2.24, 2.45) is 0 Å². The summed E-state index contributed by atoms with van der Waals surface area (Å²) in [6.07, 6.45) is 1.41. The van der Waals surface area contributed by atoms with Gasteiger partial charge in [0.1, 0.15) is 11.6 Å². The Bertz CT molecular complexity index is 506. The van der Waals surface area contributed by atoms with Crippen molar-refractivity contribution >= 4 is 27.5 Å². The van der Waals surface area contributed by atoms with Crippen LogP contribution >= 0.6 is 15.9 Å². The fourth-order valence-corrected chi connectivity index (χ4v) is 1.58. The molecule has 0 saturated carbocycles. The average molecular weight is 324 g/mol. The zero-order chi connectivity index (χ0) is 14.3. The summed E-state index contributed by atoms with van der Waals surface area (Å²) in [6, 6.07) is 8.89. The third-order valence-corrected chi connectivity index (χ3v) is 2.80. The molecule has 0 aliphatic heterocycles. The molecule has 0 saturated heterocycles. The molecule has 0 heterocycles. The highest BCUT2D eigenvalue weighted by Gasteiger charge is 2.10. The van der Waals surface area contributed by atoms with Crippen LogP contribution in [-0.4, -0.2) is 36.1 Å². The largest absolute Gasteiger partial charge is 0.395 e. The zero-order valence-corrected chi connectivity index (χ0v) is 12.0. The predicted molar refractivity (Wildman–Crippen MR) is 76.2 cm³/mol. The average Bonchev–Trinajstić information content (AvgIpc) is 2.39. The fourth-order valence-electron chi connectivity index (χ4n) is 1.31. The van der Waals surface area contributed by atoms with Crippen molar-refractivity contribution < 1.29 is 9.90 Å². The number of carbonyl (C=O) groups is 1. The molecule has 0 bridgehead atoms. The van der Waals surface area contributed by atoms with Crippen molar-refractivity contribution in [2.75, 3.05) is 25.5 Å². The Hall–Kier alpha value is -1.84. The number of aliphatic hydroxyl groups excluding tert-OH is 1. The van der Waals surface area contributed by atoms with E-state index in [9.17, 15) is 4.79 Å². The van der Waals surface area contributed by atoms with Crippen molar-refractivity contribution in [1.82, 2.24) is 4.90 Å². The van der Waals surface area contributed by atoms with E-state index in [1.807, 2.05) is 6.07 Å². The molecule has 0 atom stereocenters. The molecule has 0 spiro atoms. The predicted octanol–water partition coefficient (Wildman–Crippen LogP) is 1.72. The number of hydrogen-bond donors (Lipinski definition) is 2. The quantitative estimate of drug-likeness (QED) is 0.639. The molecule has 6 heteroatoms. The first kappa shape index (κ1) is 15.2. The molecule has 0 aliphatic rings. The number of carbonyl (C=O) groups excluding carboxylic acids is 1. The number of nitriles is 1. The van der Waals surface area contributed by atoms with E-state index >= 15 is 0 Å². The summed E-state index contributed by atoms with van der Waals surface area (Å²) in [5.41, 5.74) is 0.595. The molecule has 0 radical (unpaired) electrons. The van der Waals surface area contributed by atoms with E-state index in [0.717, 1.165) is 4.47 Å². The van der Waals surface area contributed by atoms with Gasteiger partial charge in [0.05, 0.1) is 6.61 Å². The number of rotatable bonds is 5. The Morgan fingerprint density at radius 3 is 2.68 bits per heavy atom. The second-order valence-corrected chi connectivity index (χ2v) is 4.74. The van der Waals surface area contributed by atoms with Crippen molar-refractivity contribution in [3.05, 3.63) is 40.5 Å². The minimum atomic E-state index is -0.477. The number of anilines is 1. The number of nitrogens with zero attached hydrogens (tertiary/aromatic N) is 2. The monoisotopic (exact) mass is 323 g/mol. The van der Waals surface area contributed by atoms with Gasteiger partial charge in [-0.25, -0.2) is 0 Å². The number of amides is 1. The normalized spacial score (nSPS) is 10.7. The molecule has 100 valence electrons. The number of halogens is 1. The smallest absolute Gasteiger partial charge is 0.267 e. The lowest BCUT2D eigenvalue weighted by Crippen LogP contribution is -2.20. The third kappa shape index (κ3) is 5.12. The second-order valence-electron chi connectivity index (χ2n) is 3.82. The Balaban J connectivity index is 2.75. The number of hydrogen-bond acceptors (Lipinski definition) is 4. The SMILES string of the molecule is CN(/C=C(/C#N)C(=O)Nc1ccc(Br)cc1)CCO. The molecule has 1 amide bonds. The highest BCUT2D eigenvalue weighted by molar-refractivity contribution is 9.10. The highest BCUT2D eigenvalue weighted by atomic mass is 79.9. The van der Waals surface area contributed by atoms with Crippen LogP contribution in [0.3, 0.4) is 0 Å². The van der Waals surface area contributed by atoms with Crippen LogP contribution in [0.1, 0.15) is 0 Å². The van der Waals surface area contributed by atoms with Gasteiger partial charge in [-0.2, -0.15) is 5.26 Å². The Morgan fingerprint density at radius 2 is 2.16 bits per heavy atom. The Labute approximate surface area is 120 Å². The Morgan fingerprint density at radius 1 is 1.53 bits per heavy atom. The molecular formula is C13H14BrN3O2. The van der Waals surface area contributed by atoms with Crippen molar-refractivity contribution in [1.29, 1.82) is 5.26 Å².